The summed E-state index contributed by atoms with van der Waals surface area (Å²) in [4.78, 5) is 10.8. The summed E-state index contributed by atoms with van der Waals surface area (Å²) < 4.78 is 7.66. The van der Waals surface area contributed by atoms with Crippen molar-refractivity contribution in [1.29, 1.82) is 0 Å². The molecule has 0 spiro atoms. The lowest BCUT2D eigenvalue weighted by Crippen LogP contribution is -2.10. The van der Waals surface area contributed by atoms with Gasteiger partial charge in [0.05, 0.1) is 12.2 Å². The largest absolute Gasteiger partial charge is 0.491 e. The van der Waals surface area contributed by atoms with Crippen LogP contribution in [0, 0.1) is 0 Å². The molecule has 1 aromatic carbocycles. The summed E-state index contributed by atoms with van der Waals surface area (Å²) in [6.45, 7) is 4.93. The molecule has 0 unspecified atom stereocenters. The number of benzene rings is 1. The maximum Gasteiger partial charge on any atom is 0.166 e. The Kier molecular flexibility index (Phi) is 4.56. The topological polar surface area (TPSA) is 31.2 Å². The Balaban J connectivity index is 1.96. The van der Waals surface area contributed by atoms with Gasteiger partial charge in [0.2, 0.25) is 0 Å². The molecular weight excluding hydrogens is 238 g/mol. The Hall–Kier alpha value is -2.29. The van der Waals surface area contributed by atoms with Gasteiger partial charge in [-0.2, -0.15) is 0 Å². The SMILES string of the molecule is C=CCc1ccccc1OCCn1cccc1C=O. The van der Waals surface area contributed by atoms with Gasteiger partial charge in [-0.1, -0.05) is 24.3 Å². The highest BCUT2D eigenvalue weighted by Crippen LogP contribution is 2.18. The van der Waals surface area contributed by atoms with Crippen molar-refractivity contribution < 1.29 is 9.53 Å². The van der Waals surface area contributed by atoms with Crippen molar-refractivity contribution in [2.24, 2.45) is 0 Å². The summed E-state index contributed by atoms with van der Waals surface area (Å²) in [5.74, 6) is 0.877. The Morgan fingerprint density at radius 3 is 2.84 bits per heavy atom. The monoisotopic (exact) mass is 255 g/mol. The van der Waals surface area contributed by atoms with Gasteiger partial charge in [0.25, 0.3) is 0 Å². The lowest BCUT2D eigenvalue weighted by atomic mass is 10.1. The van der Waals surface area contributed by atoms with Gasteiger partial charge in [0.15, 0.2) is 6.29 Å². The lowest BCUT2D eigenvalue weighted by molar-refractivity contribution is 0.111. The molecule has 0 aliphatic carbocycles. The standard InChI is InChI=1S/C16H17NO2/c1-2-6-14-7-3-4-9-16(14)19-12-11-17-10-5-8-15(17)13-18/h2-5,7-10,13H,1,6,11-12H2. The second kappa shape index (κ2) is 6.59. The molecule has 3 heteroatoms. The van der Waals surface area contributed by atoms with Crippen LogP contribution in [0.4, 0.5) is 0 Å². The molecule has 19 heavy (non-hydrogen) atoms. The number of para-hydroxylation sites is 1. The van der Waals surface area contributed by atoms with E-state index >= 15 is 0 Å². The van der Waals surface area contributed by atoms with Crippen LogP contribution in [-0.2, 0) is 13.0 Å². The van der Waals surface area contributed by atoms with Crippen LogP contribution in [0.25, 0.3) is 0 Å². The van der Waals surface area contributed by atoms with Crippen molar-refractivity contribution in [2.75, 3.05) is 6.61 Å². The minimum Gasteiger partial charge on any atom is -0.491 e. The molecule has 0 fully saturated rings. The molecule has 0 bridgehead atoms. The van der Waals surface area contributed by atoms with Crippen LogP contribution in [0.15, 0.2) is 55.3 Å². The highest BCUT2D eigenvalue weighted by Gasteiger charge is 2.02. The number of carbonyl (C=O) groups excluding carboxylic acids is 1. The van der Waals surface area contributed by atoms with Gasteiger partial charge in [-0.15, -0.1) is 6.58 Å². The van der Waals surface area contributed by atoms with Crippen molar-refractivity contribution in [1.82, 2.24) is 4.57 Å². The van der Waals surface area contributed by atoms with E-state index in [0.717, 1.165) is 24.0 Å². The summed E-state index contributed by atoms with van der Waals surface area (Å²) in [7, 11) is 0. The zero-order valence-corrected chi connectivity index (χ0v) is 10.8. The number of nitrogens with zero attached hydrogens (tertiary/aromatic N) is 1. The third-order valence-corrected chi connectivity index (χ3v) is 2.91. The minimum atomic E-state index is 0.531. The first-order valence-electron chi connectivity index (χ1n) is 6.27. The van der Waals surface area contributed by atoms with Crippen LogP contribution >= 0.6 is 0 Å². The molecule has 0 saturated heterocycles. The predicted octanol–water partition coefficient (Wildman–Crippen LogP) is 3.11. The molecule has 0 radical (unpaired) electrons. The summed E-state index contributed by atoms with van der Waals surface area (Å²) in [6.07, 6.45) is 5.38. The molecule has 2 aromatic rings. The first kappa shape index (κ1) is 13.1. The fraction of sp³-hybridized carbons (Fsp3) is 0.188. The number of hydrogen-bond donors (Lipinski definition) is 0. The van der Waals surface area contributed by atoms with Gasteiger partial charge in [0.1, 0.15) is 12.4 Å². The van der Waals surface area contributed by atoms with Gasteiger partial charge in [-0.05, 0) is 30.2 Å². The summed E-state index contributed by atoms with van der Waals surface area (Å²) in [5.41, 5.74) is 1.79. The van der Waals surface area contributed by atoms with Crippen molar-refractivity contribution in [2.45, 2.75) is 13.0 Å². The third kappa shape index (κ3) is 3.35. The van der Waals surface area contributed by atoms with Gasteiger partial charge in [-0.25, -0.2) is 0 Å². The van der Waals surface area contributed by atoms with Gasteiger partial charge in [-0.3, -0.25) is 4.79 Å². The second-order valence-corrected chi connectivity index (χ2v) is 4.19. The minimum absolute atomic E-state index is 0.531. The molecule has 0 aliphatic heterocycles. The first-order valence-corrected chi connectivity index (χ1v) is 6.27. The van der Waals surface area contributed by atoms with E-state index in [1.165, 1.54) is 0 Å². The molecule has 1 aromatic heterocycles. The maximum absolute atomic E-state index is 10.8. The average molecular weight is 255 g/mol. The van der Waals surface area contributed by atoms with Crippen molar-refractivity contribution in [3.8, 4) is 5.75 Å². The first-order chi connectivity index (χ1) is 9.35. The Labute approximate surface area is 113 Å². The molecule has 0 saturated carbocycles. The molecule has 98 valence electrons. The number of allylic oxidation sites excluding steroid dienone is 1. The van der Waals surface area contributed by atoms with E-state index in [1.807, 2.05) is 47.2 Å². The zero-order valence-electron chi connectivity index (χ0n) is 10.8. The van der Waals surface area contributed by atoms with Crippen LogP contribution in [0.1, 0.15) is 16.1 Å². The molecule has 3 nitrogen and oxygen atoms in total. The van der Waals surface area contributed by atoms with E-state index < -0.39 is 0 Å². The van der Waals surface area contributed by atoms with Crippen molar-refractivity contribution >= 4 is 6.29 Å². The normalized spacial score (nSPS) is 10.1. The molecule has 0 amide bonds. The Morgan fingerprint density at radius 2 is 2.05 bits per heavy atom. The van der Waals surface area contributed by atoms with Crippen LogP contribution in [0.5, 0.6) is 5.75 Å². The van der Waals surface area contributed by atoms with E-state index in [-0.39, 0.29) is 0 Å². The van der Waals surface area contributed by atoms with Crippen LogP contribution in [-0.4, -0.2) is 17.5 Å². The molecule has 0 atom stereocenters. The Bertz CT molecular complexity index is 557. The van der Waals surface area contributed by atoms with Gasteiger partial charge < -0.3 is 9.30 Å². The van der Waals surface area contributed by atoms with E-state index in [4.69, 9.17) is 4.74 Å². The molecular formula is C16H17NO2. The fourth-order valence-electron chi connectivity index (χ4n) is 1.96. The number of carbonyl (C=O) groups is 1. The fourth-order valence-corrected chi connectivity index (χ4v) is 1.96. The maximum atomic E-state index is 10.8. The van der Waals surface area contributed by atoms with E-state index in [9.17, 15) is 4.79 Å². The summed E-state index contributed by atoms with van der Waals surface area (Å²) >= 11 is 0. The summed E-state index contributed by atoms with van der Waals surface area (Å²) in [5, 5.41) is 0. The second-order valence-electron chi connectivity index (χ2n) is 4.19. The van der Waals surface area contributed by atoms with Crippen molar-refractivity contribution in [3.05, 3.63) is 66.5 Å². The average Bonchev–Trinajstić information content (AvgIpc) is 2.88. The highest BCUT2D eigenvalue weighted by atomic mass is 16.5. The van der Waals surface area contributed by atoms with Crippen LogP contribution < -0.4 is 4.74 Å². The predicted molar refractivity (Wildman–Crippen MR) is 75.7 cm³/mol. The van der Waals surface area contributed by atoms with Gasteiger partial charge in [0, 0.05) is 6.20 Å². The highest BCUT2D eigenvalue weighted by molar-refractivity contribution is 5.72. The number of rotatable bonds is 7. The number of aromatic nitrogens is 1. The van der Waals surface area contributed by atoms with E-state index in [1.54, 1.807) is 6.07 Å². The zero-order chi connectivity index (χ0) is 13.5. The van der Waals surface area contributed by atoms with Crippen LogP contribution in [0.2, 0.25) is 0 Å². The number of ether oxygens (including phenoxy) is 1. The van der Waals surface area contributed by atoms with E-state index in [2.05, 4.69) is 6.58 Å². The molecule has 0 N–H and O–H groups in total. The Morgan fingerprint density at radius 1 is 1.21 bits per heavy atom. The van der Waals surface area contributed by atoms with Crippen LogP contribution in [0.3, 0.4) is 0 Å². The molecule has 0 aliphatic rings. The summed E-state index contributed by atoms with van der Waals surface area (Å²) in [6, 6.07) is 11.6. The molecule has 1 heterocycles. The number of hydrogen-bond acceptors (Lipinski definition) is 2. The van der Waals surface area contributed by atoms with Crippen molar-refractivity contribution in [3.63, 3.8) is 0 Å². The third-order valence-electron chi connectivity index (χ3n) is 2.91. The smallest absolute Gasteiger partial charge is 0.166 e. The lowest BCUT2D eigenvalue weighted by Gasteiger charge is -2.11. The number of aldehydes is 1. The molecule has 2 rings (SSSR count). The van der Waals surface area contributed by atoms with E-state index in [0.29, 0.717) is 18.8 Å². The van der Waals surface area contributed by atoms with Gasteiger partial charge >= 0.3 is 0 Å². The quantitative estimate of drug-likeness (QED) is 0.562.